The number of aromatic amines is 1. The van der Waals surface area contributed by atoms with Crippen LogP contribution in [0.4, 0.5) is 5.82 Å². The summed E-state index contributed by atoms with van der Waals surface area (Å²) in [6, 6.07) is 5.90. The van der Waals surface area contributed by atoms with Gasteiger partial charge < -0.3 is 10.3 Å². The number of pyridine rings is 1. The van der Waals surface area contributed by atoms with Crippen LogP contribution < -0.4 is 5.32 Å². The molecule has 5 heteroatoms. The highest BCUT2D eigenvalue weighted by Gasteiger charge is 2.08. The number of H-pyrrole nitrogens is 1. The summed E-state index contributed by atoms with van der Waals surface area (Å²) in [6.45, 7) is 2.88. The van der Waals surface area contributed by atoms with Gasteiger partial charge in [-0.2, -0.15) is 0 Å². The van der Waals surface area contributed by atoms with Gasteiger partial charge in [0.2, 0.25) is 0 Å². The number of hydrogen-bond acceptors (Lipinski definition) is 4. The molecule has 0 unspecified atom stereocenters. The van der Waals surface area contributed by atoms with E-state index < -0.39 is 0 Å². The number of anilines is 1. The lowest BCUT2D eigenvalue weighted by Gasteiger charge is -2.03. The number of hydrogen-bond donors (Lipinski definition) is 2. The second kappa shape index (κ2) is 4.44. The summed E-state index contributed by atoms with van der Waals surface area (Å²) in [7, 11) is 0. The zero-order valence-corrected chi connectivity index (χ0v) is 10.0. The predicted octanol–water partition coefficient (Wildman–Crippen LogP) is 2.45. The first-order chi connectivity index (χ1) is 8.88. The van der Waals surface area contributed by atoms with E-state index in [1.807, 2.05) is 31.3 Å². The minimum atomic E-state index is 0.834. The van der Waals surface area contributed by atoms with E-state index in [1.165, 1.54) is 0 Å². The first kappa shape index (κ1) is 10.7. The SMILES string of the molecule is CCNc1cc(-c2c[nH]c3ncccc23)ncn1. The number of fused-ring (bicyclic) bond motifs is 1. The molecule has 3 heterocycles. The summed E-state index contributed by atoms with van der Waals surface area (Å²) in [5.74, 6) is 0.834. The molecule has 0 aromatic carbocycles. The molecule has 90 valence electrons. The summed E-state index contributed by atoms with van der Waals surface area (Å²) in [4.78, 5) is 15.9. The Morgan fingerprint density at radius 2 is 2.22 bits per heavy atom. The van der Waals surface area contributed by atoms with Crippen LogP contribution in [0.15, 0.2) is 36.9 Å². The molecule has 0 aliphatic heterocycles. The Hall–Kier alpha value is -2.43. The van der Waals surface area contributed by atoms with Gasteiger partial charge >= 0.3 is 0 Å². The second-order valence-electron chi connectivity index (χ2n) is 3.92. The molecule has 0 saturated carbocycles. The molecule has 5 nitrogen and oxygen atoms in total. The summed E-state index contributed by atoms with van der Waals surface area (Å²) in [5.41, 5.74) is 2.80. The fourth-order valence-corrected chi connectivity index (χ4v) is 1.95. The van der Waals surface area contributed by atoms with Gasteiger partial charge in [0.25, 0.3) is 0 Å². The van der Waals surface area contributed by atoms with Crippen molar-refractivity contribution in [2.45, 2.75) is 6.92 Å². The van der Waals surface area contributed by atoms with E-state index in [1.54, 1.807) is 12.5 Å². The van der Waals surface area contributed by atoms with Crippen molar-refractivity contribution in [2.75, 3.05) is 11.9 Å². The zero-order valence-electron chi connectivity index (χ0n) is 10.0. The maximum atomic E-state index is 4.32. The number of nitrogens with zero attached hydrogens (tertiary/aromatic N) is 3. The van der Waals surface area contributed by atoms with Gasteiger partial charge in [0, 0.05) is 36.0 Å². The fraction of sp³-hybridized carbons (Fsp3) is 0.154. The lowest BCUT2D eigenvalue weighted by Crippen LogP contribution is -1.99. The minimum absolute atomic E-state index is 0.834. The average molecular weight is 239 g/mol. The molecule has 0 amide bonds. The van der Waals surface area contributed by atoms with Crippen LogP contribution in [0.5, 0.6) is 0 Å². The van der Waals surface area contributed by atoms with Crippen molar-refractivity contribution < 1.29 is 0 Å². The maximum Gasteiger partial charge on any atom is 0.137 e. The fourth-order valence-electron chi connectivity index (χ4n) is 1.95. The van der Waals surface area contributed by atoms with Crippen molar-refractivity contribution in [3.05, 3.63) is 36.9 Å². The van der Waals surface area contributed by atoms with E-state index in [0.29, 0.717) is 0 Å². The highest BCUT2D eigenvalue weighted by Crippen LogP contribution is 2.26. The largest absolute Gasteiger partial charge is 0.370 e. The second-order valence-corrected chi connectivity index (χ2v) is 3.92. The standard InChI is InChI=1S/C13H13N5/c1-2-14-12-6-11(17-8-18-12)10-7-16-13-9(10)4-3-5-15-13/h3-8H,2H2,1H3,(H,15,16)(H,14,17,18). The van der Waals surface area contributed by atoms with Gasteiger partial charge in [-0.15, -0.1) is 0 Å². The highest BCUT2D eigenvalue weighted by molar-refractivity contribution is 5.92. The van der Waals surface area contributed by atoms with E-state index in [9.17, 15) is 0 Å². The molecule has 3 aromatic rings. The third-order valence-corrected chi connectivity index (χ3v) is 2.75. The molecular weight excluding hydrogens is 226 g/mol. The summed E-state index contributed by atoms with van der Waals surface area (Å²) in [5, 5.41) is 4.25. The summed E-state index contributed by atoms with van der Waals surface area (Å²) in [6.07, 6.45) is 5.27. The van der Waals surface area contributed by atoms with Crippen molar-refractivity contribution in [2.24, 2.45) is 0 Å². The van der Waals surface area contributed by atoms with Crippen LogP contribution in [0, 0.1) is 0 Å². The molecular formula is C13H13N5. The quantitative estimate of drug-likeness (QED) is 0.736. The average Bonchev–Trinajstić information content (AvgIpc) is 2.83. The van der Waals surface area contributed by atoms with E-state index >= 15 is 0 Å². The van der Waals surface area contributed by atoms with Crippen molar-refractivity contribution in [1.29, 1.82) is 0 Å². The third kappa shape index (κ3) is 1.79. The number of rotatable bonds is 3. The van der Waals surface area contributed by atoms with E-state index in [0.717, 1.165) is 34.7 Å². The van der Waals surface area contributed by atoms with Crippen molar-refractivity contribution in [3.63, 3.8) is 0 Å². The molecule has 3 aromatic heterocycles. The molecule has 0 fully saturated rings. The maximum absolute atomic E-state index is 4.32. The monoisotopic (exact) mass is 239 g/mol. The molecule has 0 bridgehead atoms. The van der Waals surface area contributed by atoms with E-state index in [4.69, 9.17) is 0 Å². The van der Waals surface area contributed by atoms with Crippen LogP contribution in [0.3, 0.4) is 0 Å². The molecule has 0 spiro atoms. The Bertz CT molecular complexity index is 674. The molecule has 0 saturated heterocycles. The number of nitrogens with one attached hydrogen (secondary N) is 2. The molecule has 0 radical (unpaired) electrons. The van der Waals surface area contributed by atoms with Gasteiger partial charge in [-0.05, 0) is 19.1 Å². The lowest BCUT2D eigenvalue weighted by atomic mass is 10.1. The normalized spacial score (nSPS) is 10.7. The van der Waals surface area contributed by atoms with Crippen molar-refractivity contribution in [3.8, 4) is 11.3 Å². The minimum Gasteiger partial charge on any atom is -0.370 e. The van der Waals surface area contributed by atoms with Gasteiger partial charge in [0.15, 0.2) is 0 Å². The van der Waals surface area contributed by atoms with E-state index in [2.05, 4.69) is 25.3 Å². The molecule has 2 N–H and O–H groups in total. The van der Waals surface area contributed by atoms with Gasteiger partial charge in [0.05, 0.1) is 5.69 Å². The van der Waals surface area contributed by atoms with Crippen molar-refractivity contribution in [1.82, 2.24) is 19.9 Å². The first-order valence-electron chi connectivity index (χ1n) is 5.87. The van der Waals surface area contributed by atoms with E-state index in [-0.39, 0.29) is 0 Å². The lowest BCUT2D eigenvalue weighted by molar-refractivity contribution is 1.11. The van der Waals surface area contributed by atoms with Crippen molar-refractivity contribution >= 4 is 16.9 Å². The van der Waals surface area contributed by atoms with Gasteiger partial charge in [-0.25, -0.2) is 15.0 Å². The van der Waals surface area contributed by atoms with Crippen LogP contribution in [0.25, 0.3) is 22.3 Å². The molecule has 18 heavy (non-hydrogen) atoms. The Labute approximate surface area is 104 Å². The van der Waals surface area contributed by atoms with Gasteiger partial charge in [0.1, 0.15) is 17.8 Å². The molecule has 3 rings (SSSR count). The van der Waals surface area contributed by atoms with Gasteiger partial charge in [-0.3, -0.25) is 0 Å². The molecule has 0 aliphatic rings. The molecule has 0 aliphatic carbocycles. The molecule has 0 atom stereocenters. The van der Waals surface area contributed by atoms with Crippen LogP contribution in [-0.2, 0) is 0 Å². The predicted molar refractivity (Wildman–Crippen MR) is 71.3 cm³/mol. The summed E-state index contributed by atoms with van der Waals surface area (Å²) < 4.78 is 0. The van der Waals surface area contributed by atoms with Crippen LogP contribution in [0.1, 0.15) is 6.92 Å². The van der Waals surface area contributed by atoms with Gasteiger partial charge in [-0.1, -0.05) is 0 Å². The Morgan fingerprint density at radius 3 is 3.11 bits per heavy atom. The van der Waals surface area contributed by atoms with Crippen LogP contribution in [-0.4, -0.2) is 26.5 Å². The van der Waals surface area contributed by atoms with Crippen LogP contribution >= 0.6 is 0 Å². The number of aromatic nitrogens is 4. The Morgan fingerprint density at radius 1 is 1.28 bits per heavy atom. The third-order valence-electron chi connectivity index (χ3n) is 2.75. The first-order valence-corrected chi connectivity index (χ1v) is 5.87. The smallest absolute Gasteiger partial charge is 0.137 e. The Balaban J connectivity index is 2.11. The summed E-state index contributed by atoms with van der Waals surface area (Å²) >= 11 is 0. The zero-order chi connectivity index (χ0) is 12.4. The Kier molecular flexibility index (Phi) is 2.64. The highest BCUT2D eigenvalue weighted by atomic mass is 15.0. The topological polar surface area (TPSA) is 66.5 Å². The van der Waals surface area contributed by atoms with Crippen LogP contribution in [0.2, 0.25) is 0 Å².